The van der Waals surface area contributed by atoms with Crippen LogP contribution in [0.15, 0.2) is 54.9 Å². The van der Waals surface area contributed by atoms with Gasteiger partial charge in [-0.3, -0.25) is 4.79 Å². The van der Waals surface area contributed by atoms with E-state index in [1.54, 1.807) is 12.4 Å². The van der Waals surface area contributed by atoms with Gasteiger partial charge in [-0.1, -0.05) is 25.1 Å². The van der Waals surface area contributed by atoms with Crippen molar-refractivity contribution >= 4 is 17.4 Å². The van der Waals surface area contributed by atoms with E-state index in [-0.39, 0.29) is 5.91 Å². The molecule has 0 bridgehead atoms. The molecule has 1 N–H and O–H groups in total. The summed E-state index contributed by atoms with van der Waals surface area (Å²) < 4.78 is 7.18. The number of rotatable bonds is 5. The van der Waals surface area contributed by atoms with Crippen LogP contribution >= 0.6 is 0 Å². The number of ether oxygens (including phenoxy) is 1. The Balaban J connectivity index is 1.50. The van der Waals surface area contributed by atoms with Crippen molar-refractivity contribution < 1.29 is 9.53 Å². The molecule has 1 fully saturated rings. The van der Waals surface area contributed by atoms with Crippen molar-refractivity contribution in [3.05, 3.63) is 66.1 Å². The van der Waals surface area contributed by atoms with Gasteiger partial charge in [-0.25, -0.2) is 9.67 Å². The zero-order valence-corrected chi connectivity index (χ0v) is 15.8. The number of aromatic nitrogens is 3. The average Bonchev–Trinajstić information content (AvgIpc) is 3.20. The molecule has 0 radical (unpaired) electrons. The summed E-state index contributed by atoms with van der Waals surface area (Å²) in [4.78, 5) is 19.4. The molecule has 7 heteroatoms. The number of nitrogens with zero attached hydrogens (tertiary/aromatic N) is 4. The van der Waals surface area contributed by atoms with E-state index in [1.165, 1.54) is 0 Å². The van der Waals surface area contributed by atoms with Crippen molar-refractivity contribution in [1.29, 1.82) is 0 Å². The maximum absolute atomic E-state index is 12.8. The zero-order chi connectivity index (χ0) is 19.3. The van der Waals surface area contributed by atoms with Crippen LogP contribution in [0.4, 0.5) is 11.5 Å². The first-order valence-electron chi connectivity index (χ1n) is 9.48. The standard InChI is InChI=1S/C21H23N5O2/c1-2-19-18(15-23-26(19)16-6-4-3-5-7-16)21(27)24-20-9-8-17(14-22-20)25-10-12-28-13-11-25/h3-9,14-15H,2,10-13H2,1H3,(H,22,24,27). The van der Waals surface area contributed by atoms with Crippen molar-refractivity contribution in [2.45, 2.75) is 13.3 Å². The fourth-order valence-electron chi connectivity index (χ4n) is 3.35. The molecule has 3 aromatic rings. The third kappa shape index (κ3) is 3.75. The SMILES string of the molecule is CCc1c(C(=O)Nc2ccc(N3CCOCC3)cn2)cnn1-c1ccccc1. The van der Waals surface area contributed by atoms with Crippen LogP contribution in [0, 0.1) is 0 Å². The summed E-state index contributed by atoms with van der Waals surface area (Å²) in [5.41, 5.74) is 3.40. The number of nitrogens with one attached hydrogen (secondary N) is 1. The van der Waals surface area contributed by atoms with E-state index in [1.807, 2.05) is 54.1 Å². The Morgan fingerprint density at radius 2 is 1.86 bits per heavy atom. The third-order valence-corrected chi connectivity index (χ3v) is 4.81. The molecule has 1 saturated heterocycles. The van der Waals surface area contributed by atoms with Crippen molar-refractivity contribution in [2.24, 2.45) is 0 Å². The molecule has 2 aromatic heterocycles. The second-order valence-electron chi connectivity index (χ2n) is 6.56. The minimum absolute atomic E-state index is 0.203. The Bertz CT molecular complexity index is 931. The Hall–Kier alpha value is -3.19. The molecule has 0 spiro atoms. The maximum atomic E-state index is 12.8. The number of amides is 1. The molecule has 0 saturated carbocycles. The topological polar surface area (TPSA) is 72.3 Å². The van der Waals surface area contributed by atoms with Crippen LogP contribution < -0.4 is 10.2 Å². The number of para-hydroxylation sites is 1. The van der Waals surface area contributed by atoms with Crippen LogP contribution in [-0.4, -0.2) is 47.0 Å². The number of hydrogen-bond donors (Lipinski definition) is 1. The van der Waals surface area contributed by atoms with E-state index in [2.05, 4.69) is 20.3 Å². The highest BCUT2D eigenvalue weighted by Gasteiger charge is 2.18. The summed E-state index contributed by atoms with van der Waals surface area (Å²) in [5.74, 6) is 0.321. The predicted molar refractivity (Wildman–Crippen MR) is 108 cm³/mol. The lowest BCUT2D eigenvalue weighted by atomic mass is 10.2. The van der Waals surface area contributed by atoms with Crippen molar-refractivity contribution in [2.75, 3.05) is 36.5 Å². The first-order chi connectivity index (χ1) is 13.8. The van der Waals surface area contributed by atoms with Gasteiger partial charge in [0.1, 0.15) is 5.82 Å². The first kappa shape index (κ1) is 18.2. The second kappa shape index (κ2) is 8.22. The first-order valence-corrected chi connectivity index (χ1v) is 9.48. The van der Waals surface area contributed by atoms with Gasteiger partial charge < -0.3 is 15.0 Å². The molecule has 7 nitrogen and oxygen atoms in total. The number of hydrogen-bond acceptors (Lipinski definition) is 5. The molecule has 0 unspecified atom stereocenters. The minimum Gasteiger partial charge on any atom is -0.378 e. The summed E-state index contributed by atoms with van der Waals surface area (Å²) >= 11 is 0. The number of carbonyl (C=O) groups is 1. The zero-order valence-electron chi connectivity index (χ0n) is 15.8. The molecule has 28 heavy (non-hydrogen) atoms. The van der Waals surface area contributed by atoms with Gasteiger partial charge in [0.25, 0.3) is 5.91 Å². The van der Waals surface area contributed by atoms with Gasteiger partial charge in [-0.15, -0.1) is 0 Å². The summed E-state index contributed by atoms with van der Waals surface area (Å²) in [7, 11) is 0. The lowest BCUT2D eigenvalue weighted by Crippen LogP contribution is -2.36. The van der Waals surface area contributed by atoms with Crippen molar-refractivity contribution in [3.8, 4) is 5.69 Å². The monoisotopic (exact) mass is 377 g/mol. The second-order valence-corrected chi connectivity index (χ2v) is 6.56. The largest absolute Gasteiger partial charge is 0.378 e. The molecule has 1 amide bonds. The molecule has 1 aliphatic rings. The lowest BCUT2D eigenvalue weighted by Gasteiger charge is -2.28. The average molecular weight is 377 g/mol. The van der Waals surface area contributed by atoms with E-state index < -0.39 is 0 Å². The van der Waals surface area contributed by atoms with Crippen LogP contribution in [0.5, 0.6) is 0 Å². The summed E-state index contributed by atoms with van der Waals surface area (Å²) in [6, 6.07) is 13.6. The minimum atomic E-state index is -0.203. The Kier molecular flexibility index (Phi) is 5.34. The molecular weight excluding hydrogens is 354 g/mol. The highest BCUT2D eigenvalue weighted by Crippen LogP contribution is 2.19. The number of anilines is 2. The van der Waals surface area contributed by atoms with Gasteiger partial charge in [0, 0.05) is 13.1 Å². The Labute approximate surface area is 164 Å². The summed E-state index contributed by atoms with van der Waals surface area (Å²) in [5, 5.41) is 7.29. The summed E-state index contributed by atoms with van der Waals surface area (Å²) in [6.07, 6.45) is 4.10. The fourth-order valence-corrected chi connectivity index (χ4v) is 3.35. The van der Waals surface area contributed by atoms with Gasteiger partial charge in [0.05, 0.1) is 48.2 Å². The van der Waals surface area contributed by atoms with E-state index >= 15 is 0 Å². The van der Waals surface area contributed by atoms with E-state index in [0.717, 1.165) is 43.4 Å². The van der Waals surface area contributed by atoms with Gasteiger partial charge in [0.2, 0.25) is 0 Å². The van der Waals surface area contributed by atoms with Crippen LogP contribution in [0.3, 0.4) is 0 Å². The van der Waals surface area contributed by atoms with Gasteiger partial charge in [-0.2, -0.15) is 5.10 Å². The van der Waals surface area contributed by atoms with E-state index in [9.17, 15) is 4.79 Å². The normalized spacial score (nSPS) is 14.1. The van der Waals surface area contributed by atoms with Gasteiger partial charge in [0.15, 0.2) is 0 Å². The fraction of sp³-hybridized carbons (Fsp3) is 0.286. The molecule has 0 atom stereocenters. The van der Waals surface area contributed by atoms with Crippen LogP contribution in [0.2, 0.25) is 0 Å². The summed E-state index contributed by atoms with van der Waals surface area (Å²) in [6.45, 7) is 5.17. The number of morpholine rings is 1. The number of carbonyl (C=O) groups excluding carboxylic acids is 1. The van der Waals surface area contributed by atoms with Crippen molar-refractivity contribution in [3.63, 3.8) is 0 Å². The molecular formula is C21H23N5O2. The smallest absolute Gasteiger partial charge is 0.260 e. The quantitative estimate of drug-likeness (QED) is 0.740. The lowest BCUT2D eigenvalue weighted by molar-refractivity contribution is 0.102. The van der Waals surface area contributed by atoms with Gasteiger partial charge in [-0.05, 0) is 30.7 Å². The maximum Gasteiger partial charge on any atom is 0.260 e. The molecule has 3 heterocycles. The van der Waals surface area contributed by atoms with Crippen molar-refractivity contribution in [1.82, 2.24) is 14.8 Å². The van der Waals surface area contributed by atoms with Crippen LogP contribution in [0.1, 0.15) is 23.0 Å². The molecule has 4 rings (SSSR count). The predicted octanol–water partition coefficient (Wildman–Crippen LogP) is 2.92. The Morgan fingerprint density at radius 1 is 1.07 bits per heavy atom. The van der Waals surface area contributed by atoms with Gasteiger partial charge >= 0.3 is 0 Å². The Morgan fingerprint density at radius 3 is 2.54 bits per heavy atom. The highest BCUT2D eigenvalue weighted by atomic mass is 16.5. The third-order valence-electron chi connectivity index (χ3n) is 4.81. The van der Waals surface area contributed by atoms with Crippen LogP contribution in [-0.2, 0) is 11.2 Å². The number of pyridine rings is 1. The molecule has 1 aliphatic heterocycles. The van der Waals surface area contributed by atoms with Crippen LogP contribution in [0.25, 0.3) is 5.69 Å². The molecule has 144 valence electrons. The molecule has 1 aromatic carbocycles. The van der Waals surface area contributed by atoms with E-state index in [0.29, 0.717) is 17.8 Å². The van der Waals surface area contributed by atoms with E-state index in [4.69, 9.17) is 4.74 Å². The highest BCUT2D eigenvalue weighted by molar-refractivity contribution is 6.04. The molecule has 0 aliphatic carbocycles. The number of benzene rings is 1.